The van der Waals surface area contributed by atoms with Crippen molar-refractivity contribution >= 4 is 53.1 Å². The SMILES string of the molecule is C.CCc1cnc(CC[C@@H]2CCCN2)nc1.CCc1cnc(NC[C@@H]2CCCN2C(=O)c2c(-c3ccccc3)nc3ccccn23)nc1.I.O=C(O)c1c(-c2ccccc2)nc2ccccn12. The van der Waals surface area contributed by atoms with E-state index in [-0.39, 0.29) is 49.0 Å². The molecule has 14 nitrogen and oxygen atoms in total. The van der Waals surface area contributed by atoms with Gasteiger partial charge in [0, 0.05) is 79.9 Å². The number of aryl methyl sites for hydroxylation is 3. The van der Waals surface area contributed by atoms with Gasteiger partial charge in [-0.1, -0.05) is 94.1 Å². The summed E-state index contributed by atoms with van der Waals surface area (Å²) < 4.78 is 3.49. The third kappa shape index (κ3) is 12.3. The molecule has 0 spiro atoms. The summed E-state index contributed by atoms with van der Waals surface area (Å²) in [5.41, 5.74) is 7.50. The lowest BCUT2D eigenvalue weighted by Crippen LogP contribution is -2.40. The Kier molecular flexibility index (Phi) is 18.0. The van der Waals surface area contributed by atoms with Crippen molar-refractivity contribution in [1.82, 2.24) is 48.9 Å². The highest BCUT2D eigenvalue weighted by Gasteiger charge is 2.33. The number of aromatic nitrogens is 8. The lowest BCUT2D eigenvalue weighted by Gasteiger charge is -2.25. The minimum absolute atomic E-state index is 0. The first kappa shape index (κ1) is 49.8. The maximum atomic E-state index is 13.8. The summed E-state index contributed by atoms with van der Waals surface area (Å²) in [7, 11) is 0. The number of halogens is 1. The number of amides is 1. The molecular formula is C52H60IN11O3. The van der Waals surface area contributed by atoms with Gasteiger partial charge in [0.15, 0.2) is 5.69 Å². The fraction of sp³-hybridized carbons (Fsp3) is 0.308. The van der Waals surface area contributed by atoms with Crippen LogP contribution in [0.1, 0.15) is 91.3 Å². The number of carbonyl (C=O) groups is 2. The zero-order valence-corrected chi connectivity index (χ0v) is 39.7. The lowest BCUT2D eigenvalue weighted by molar-refractivity contribution is 0.0688. The van der Waals surface area contributed by atoms with Crippen LogP contribution in [0.15, 0.2) is 134 Å². The Labute approximate surface area is 409 Å². The number of anilines is 1. The Morgan fingerprint density at radius 1 is 0.701 bits per heavy atom. The molecule has 2 aliphatic rings. The second-order valence-corrected chi connectivity index (χ2v) is 16.1. The molecule has 2 atom stereocenters. The van der Waals surface area contributed by atoms with Gasteiger partial charge in [-0.25, -0.2) is 34.7 Å². The summed E-state index contributed by atoms with van der Waals surface area (Å²) in [6.45, 7) is 6.74. The number of nitrogens with one attached hydrogen (secondary N) is 2. The molecule has 0 aliphatic carbocycles. The molecule has 0 bridgehead atoms. The maximum Gasteiger partial charge on any atom is 0.355 e. The molecule has 2 aromatic carbocycles. The highest BCUT2D eigenvalue weighted by Crippen LogP contribution is 2.29. The summed E-state index contributed by atoms with van der Waals surface area (Å²) >= 11 is 0. The second-order valence-electron chi connectivity index (χ2n) is 16.1. The summed E-state index contributed by atoms with van der Waals surface area (Å²) in [4.78, 5) is 53.9. The van der Waals surface area contributed by atoms with Crippen LogP contribution in [0.4, 0.5) is 5.95 Å². The minimum atomic E-state index is -0.979. The van der Waals surface area contributed by atoms with Crippen LogP contribution in [0.3, 0.4) is 0 Å². The average molecular weight is 1010 g/mol. The Hall–Kier alpha value is -6.59. The number of imidazole rings is 2. The first-order valence-corrected chi connectivity index (χ1v) is 22.6. The number of hydrogen-bond acceptors (Lipinski definition) is 10. The zero-order valence-electron chi connectivity index (χ0n) is 37.3. The molecule has 2 saturated heterocycles. The van der Waals surface area contributed by atoms with E-state index in [0.717, 1.165) is 72.5 Å². The van der Waals surface area contributed by atoms with Crippen molar-refractivity contribution in [3.05, 3.63) is 163 Å². The topological polar surface area (TPSA) is 168 Å². The number of carboxylic acid groups (broad SMARTS) is 1. The Balaban J connectivity index is 0.000000179. The Morgan fingerprint density at radius 2 is 1.24 bits per heavy atom. The largest absolute Gasteiger partial charge is 0.476 e. The van der Waals surface area contributed by atoms with E-state index in [4.69, 9.17) is 4.98 Å². The summed E-state index contributed by atoms with van der Waals surface area (Å²) in [6, 6.07) is 31.2. The van der Waals surface area contributed by atoms with Crippen LogP contribution in [0.2, 0.25) is 0 Å². The molecule has 6 aromatic heterocycles. The third-order valence-electron chi connectivity index (χ3n) is 11.9. The van der Waals surface area contributed by atoms with Crippen molar-refractivity contribution < 1.29 is 14.7 Å². The molecule has 67 heavy (non-hydrogen) atoms. The van der Waals surface area contributed by atoms with E-state index in [1.54, 1.807) is 22.7 Å². The van der Waals surface area contributed by atoms with E-state index in [9.17, 15) is 14.7 Å². The van der Waals surface area contributed by atoms with Gasteiger partial charge in [-0.2, -0.15) is 0 Å². The van der Waals surface area contributed by atoms with Crippen LogP contribution >= 0.6 is 24.0 Å². The van der Waals surface area contributed by atoms with Gasteiger partial charge >= 0.3 is 5.97 Å². The molecule has 0 unspecified atom stereocenters. The molecule has 8 heterocycles. The number of carboxylic acids is 1. The van der Waals surface area contributed by atoms with E-state index in [1.807, 2.05) is 125 Å². The number of rotatable bonds is 12. The quantitative estimate of drug-likeness (QED) is 0.0997. The zero-order chi connectivity index (χ0) is 45.0. The highest BCUT2D eigenvalue weighted by molar-refractivity contribution is 14.0. The molecule has 0 radical (unpaired) electrons. The van der Waals surface area contributed by atoms with Gasteiger partial charge in [0.25, 0.3) is 5.91 Å². The standard InChI is InChI=1S/C25H26N6O.C14H10N2O2.C12H19N3.CH4.HI/c1-2-18-15-26-25(27-16-18)28-17-20-11-8-14-30(20)24(32)23-22(19-9-4-3-5-10-19)29-21-12-6-7-13-31(21)23;17-14(18)13-12(10-6-2-1-3-7-10)15-11-8-4-5-9-16(11)13;1-2-10-8-14-12(15-9-10)6-5-11-4-3-7-13-11;;/h3-7,9-10,12-13,15-16,20H,2,8,11,14,17H2,1H3,(H,26,27,28);1-9H,(H,17,18);8-9,11,13H,2-7H2,1H3;1H4;1H/t20-;;11-;;/m0.0../s1. The number of hydrogen-bond donors (Lipinski definition) is 3. The monoisotopic (exact) mass is 1010 g/mol. The van der Waals surface area contributed by atoms with Gasteiger partial charge in [-0.15, -0.1) is 24.0 Å². The summed E-state index contributed by atoms with van der Waals surface area (Å²) in [5.74, 6) is 0.615. The Morgan fingerprint density at radius 3 is 1.78 bits per heavy atom. The molecule has 1 amide bonds. The minimum Gasteiger partial charge on any atom is -0.476 e. The van der Waals surface area contributed by atoms with E-state index in [2.05, 4.69) is 49.4 Å². The van der Waals surface area contributed by atoms with Crippen LogP contribution < -0.4 is 10.6 Å². The number of aromatic carboxylic acids is 1. The smallest absolute Gasteiger partial charge is 0.355 e. The van der Waals surface area contributed by atoms with Gasteiger partial charge in [-0.3, -0.25) is 13.6 Å². The van der Waals surface area contributed by atoms with E-state index >= 15 is 0 Å². The van der Waals surface area contributed by atoms with Crippen molar-refractivity contribution in [2.24, 2.45) is 0 Å². The lowest BCUT2D eigenvalue weighted by atomic mass is 10.1. The van der Waals surface area contributed by atoms with Crippen molar-refractivity contribution in [2.45, 2.75) is 84.7 Å². The van der Waals surface area contributed by atoms with Crippen molar-refractivity contribution in [1.29, 1.82) is 0 Å². The summed E-state index contributed by atoms with van der Waals surface area (Å²) in [5, 5.41) is 16.2. The normalized spacial score (nSPS) is 15.1. The van der Waals surface area contributed by atoms with Crippen LogP contribution in [-0.2, 0) is 19.3 Å². The van der Waals surface area contributed by atoms with Gasteiger partial charge in [0.1, 0.15) is 34.2 Å². The average Bonchev–Trinajstić information content (AvgIpc) is 4.20. The molecule has 2 fully saturated rings. The first-order valence-electron chi connectivity index (χ1n) is 22.6. The highest BCUT2D eigenvalue weighted by atomic mass is 127. The van der Waals surface area contributed by atoms with Crippen molar-refractivity contribution in [2.75, 3.05) is 25.0 Å². The fourth-order valence-corrected chi connectivity index (χ4v) is 8.28. The molecule has 0 saturated carbocycles. The van der Waals surface area contributed by atoms with Crippen molar-refractivity contribution in [3.8, 4) is 22.5 Å². The molecule has 2 aliphatic heterocycles. The third-order valence-corrected chi connectivity index (χ3v) is 11.9. The van der Waals surface area contributed by atoms with Gasteiger partial charge in [0.05, 0.1) is 0 Å². The van der Waals surface area contributed by atoms with E-state index in [1.165, 1.54) is 31.4 Å². The van der Waals surface area contributed by atoms with Crippen LogP contribution in [0.25, 0.3) is 33.8 Å². The molecule has 10 rings (SSSR count). The number of nitrogens with zero attached hydrogens (tertiary/aromatic N) is 9. The molecule has 348 valence electrons. The number of pyridine rings is 2. The Bertz CT molecular complexity index is 2800. The fourth-order valence-electron chi connectivity index (χ4n) is 8.28. The second kappa shape index (κ2) is 24.3. The van der Waals surface area contributed by atoms with Gasteiger partial charge < -0.3 is 20.6 Å². The molecule has 8 aromatic rings. The summed E-state index contributed by atoms with van der Waals surface area (Å²) in [6.07, 6.45) is 19.9. The van der Waals surface area contributed by atoms with Gasteiger partial charge in [-0.05, 0) is 86.9 Å². The first-order chi connectivity index (χ1) is 31.9. The predicted octanol–water partition coefficient (Wildman–Crippen LogP) is 9.75. The molecule has 3 N–H and O–H groups in total. The van der Waals surface area contributed by atoms with Gasteiger partial charge in [0.2, 0.25) is 5.95 Å². The van der Waals surface area contributed by atoms with Crippen LogP contribution in [0, 0.1) is 0 Å². The molecule has 15 heteroatoms. The number of likely N-dealkylation sites (tertiary alicyclic amines) is 1. The molecular weight excluding hydrogens is 954 g/mol. The van der Waals surface area contributed by atoms with Crippen molar-refractivity contribution in [3.63, 3.8) is 0 Å². The van der Waals surface area contributed by atoms with Crippen LogP contribution in [-0.4, -0.2) is 92.3 Å². The number of carbonyl (C=O) groups excluding carboxylic acids is 1. The predicted molar refractivity (Wildman–Crippen MR) is 275 cm³/mol. The number of fused-ring (bicyclic) bond motifs is 2. The van der Waals surface area contributed by atoms with Crippen LogP contribution in [0.5, 0.6) is 0 Å². The van der Waals surface area contributed by atoms with E-state index in [0.29, 0.717) is 35.6 Å². The van der Waals surface area contributed by atoms with E-state index < -0.39 is 5.97 Å². The maximum absolute atomic E-state index is 13.8. The number of benzene rings is 2.